The van der Waals surface area contributed by atoms with E-state index in [1.54, 1.807) is 6.07 Å². The lowest BCUT2D eigenvalue weighted by atomic mass is 10.3. The number of hydrogen-bond acceptors (Lipinski definition) is 5. The molecule has 0 unspecified atom stereocenters. The molecule has 0 aliphatic rings. The first-order valence-electron chi connectivity index (χ1n) is 6.56. The quantitative estimate of drug-likeness (QED) is 0.606. The highest BCUT2D eigenvalue weighted by atomic mass is 32.1. The van der Waals surface area contributed by atoms with Crippen molar-refractivity contribution in [3.63, 3.8) is 0 Å². The van der Waals surface area contributed by atoms with Crippen molar-refractivity contribution >= 4 is 34.2 Å². The number of hydrogen-bond donors (Lipinski definition) is 2. The van der Waals surface area contributed by atoms with Gasteiger partial charge in [-0.15, -0.1) is 11.3 Å². The second kappa shape index (κ2) is 5.12. The third-order valence-corrected chi connectivity index (χ3v) is 4.01. The molecular weight excluding hydrogens is 300 g/mol. The number of H-pyrrole nitrogens is 1. The summed E-state index contributed by atoms with van der Waals surface area (Å²) in [5.41, 5.74) is 1.86. The molecule has 0 saturated heterocycles. The van der Waals surface area contributed by atoms with Gasteiger partial charge in [0.1, 0.15) is 0 Å². The molecule has 0 aliphatic heterocycles. The lowest BCUT2D eigenvalue weighted by Gasteiger charge is -1.96. The number of benzene rings is 1. The van der Waals surface area contributed by atoms with Gasteiger partial charge in [0.05, 0.1) is 15.9 Å². The number of aromatic amines is 1. The van der Waals surface area contributed by atoms with Crippen LogP contribution in [0.3, 0.4) is 0 Å². The van der Waals surface area contributed by atoms with Crippen LogP contribution in [0.5, 0.6) is 0 Å². The number of carbonyl (C=O) groups is 1. The third kappa shape index (κ3) is 2.27. The molecule has 1 aromatic carbocycles. The Morgan fingerprint density at radius 2 is 2.14 bits per heavy atom. The highest BCUT2D eigenvalue weighted by Crippen LogP contribution is 2.25. The lowest BCUT2D eigenvalue weighted by molar-refractivity contribution is 0.101. The molecular formula is C15H10N4O2S. The van der Waals surface area contributed by atoms with Crippen LogP contribution in [0.2, 0.25) is 0 Å². The summed E-state index contributed by atoms with van der Waals surface area (Å²) in [6.07, 6.45) is 0. The standard InChI is InChI=1S/C15H10N4O2S/c20-14(11-8-12(21-19-11)13-6-3-7-22-13)18-15-16-9-4-1-2-5-10(9)17-15/h1-8H,(H2,16,17,18,20). The average Bonchev–Trinajstić information content (AvgIpc) is 3.26. The van der Waals surface area contributed by atoms with Crippen LogP contribution >= 0.6 is 11.3 Å². The molecule has 0 spiro atoms. The van der Waals surface area contributed by atoms with Crippen molar-refractivity contribution in [2.45, 2.75) is 0 Å². The zero-order valence-electron chi connectivity index (χ0n) is 11.2. The Bertz CT molecular complexity index is 906. The van der Waals surface area contributed by atoms with Gasteiger partial charge in [0.25, 0.3) is 5.91 Å². The minimum atomic E-state index is -0.370. The molecule has 3 heterocycles. The number of fused-ring (bicyclic) bond motifs is 1. The Morgan fingerprint density at radius 1 is 1.23 bits per heavy atom. The number of nitrogens with zero attached hydrogens (tertiary/aromatic N) is 2. The predicted octanol–water partition coefficient (Wildman–Crippen LogP) is 3.53. The Kier molecular flexibility index (Phi) is 2.97. The number of carbonyl (C=O) groups excluding carboxylic acids is 1. The number of para-hydroxylation sites is 2. The topological polar surface area (TPSA) is 83.8 Å². The number of thiophene rings is 1. The van der Waals surface area contributed by atoms with E-state index in [2.05, 4.69) is 20.4 Å². The number of amides is 1. The first kappa shape index (κ1) is 12.8. The second-order valence-corrected chi connectivity index (χ2v) is 5.56. The number of aromatic nitrogens is 3. The molecule has 2 N–H and O–H groups in total. The van der Waals surface area contributed by atoms with Crippen molar-refractivity contribution in [2.75, 3.05) is 5.32 Å². The van der Waals surface area contributed by atoms with Gasteiger partial charge in [0.2, 0.25) is 5.95 Å². The summed E-state index contributed by atoms with van der Waals surface area (Å²) >= 11 is 1.52. The smallest absolute Gasteiger partial charge is 0.280 e. The fourth-order valence-corrected chi connectivity index (χ4v) is 2.77. The molecule has 1 amide bonds. The molecule has 4 aromatic rings. The number of nitrogens with one attached hydrogen (secondary N) is 2. The zero-order chi connectivity index (χ0) is 14.9. The van der Waals surface area contributed by atoms with E-state index in [0.717, 1.165) is 15.9 Å². The SMILES string of the molecule is O=C(Nc1nc2ccccc2[nH]1)c1cc(-c2cccs2)on1. The molecule has 0 aliphatic carbocycles. The molecule has 22 heavy (non-hydrogen) atoms. The largest absolute Gasteiger partial charge is 0.355 e. The highest BCUT2D eigenvalue weighted by Gasteiger charge is 2.15. The van der Waals surface area contributed by atoms with Gasteiger partial charge in [-0.05, 0) is 23.6 Å². The summed E-state index contributed by atoms with van der Waals surface area (Å²) in [6.45, 7) is 0. The van der Waals surface area contributed by atoms with Crippen molar-refractivity contribution in [1.29, 1.82) is 0 Å². The van der Waals surface area contributed by atoms with E-state index in [9.17, 15) is 4.79 Å². The molecule has 4 rings (SSSR count). The van der Waals surface area contributed by atoms with E-state index in [1.165, 1.54) is 11.3 Å². The van der Waals surface area contributed by atoms with Crippen LogP contribution in [-0.2, 0) is 0 Å². The van der Waals surface area contributed by atoms with Gasteiger partial charge in [-0.1, -0.05) is 23.4 Å². The van der Waals surface area contributed by atoms with Gasteiger partial charge >= 0.3 is 0 Å². The molecule has 0 atom stereocenters. The molecule has 0 saturated carbocycles. The fourth-order valence-electron chi connectivity index (χ4n) is 2.10. The molecule has 0 bridgehead atoms. The van der Waals surface area contributed by atoms with Gasteiger partial charge in [0.15, 0.2) is 11.5 Å². The molecule has 6 nitrogen and oxygen atoms in total. The van der Waals surface area contributed by atoms with Gasteiger partial charge in [-0.2, -0.15) is 0 Å². The summed E-state index contributed by atoms with van der Waals surface area (Å²) in [7, 11) is 0. The zero-order valence-corrected chi connectivity index (χ0v) is 12.1. The Morgan fingerprint density at radius 3 is 2.95 bits per heavy atom. The monoisotopic (exact) mass is 310 g/mol. The van der Waals surface area contributed by atoms with Gasteiger partial charge < -0.3 is 9.51 Å². The van der Waals surface area contributed by atoms with E-state index < -0.39 is 0 Å². The summed E-state index contributed by atoms with van der Waals surface area (Å²) in [5, 5.41) is 8.42. The predicted molar refractivity (Wildman–Crippen MR) is 83.9 cm³/mol. The van der Waals surface area contributed by atoms with E-state index >= 15 is 0 Å². The van der Waals surface area contributed by atoms with E-state index in [-0.39, 0.29) is 11.6 Å². The number of anilines is 1. The van der Waals surface area contributed by atoms with E-state index in [4.69, 9.17) is 4.52 Å². The van der Waals surface area contributed by atoms with Crippen molar-refractivity contribution < 1.29 is 9.32 Å². The molecule has 0 fully saturated rings. The second-order valence-electron chi connectivity index (χ2n) is 4.61. The molecule has 3 aromatic heterocycles. The number of rotatable bonds is 3. The maximum Gasteiger partial charge on any atom is 0.280 e. The fraction of sp³-hybridized carbons (Fsp3) is 0. The Hall–Kier alpha value is -2.93. The molecule has 108 valence electrons. The van der Waals surface area contributed by atoms with Crippen LogP contribution in [-0.4, -0.2) is 21.0 Å². The van der Waals surface area contributed by atoms with Crippen molar-refractivity contribution in [3.05, 3.63) is 53.5 Å². The van der Waals surface area contributed by atoms with Crippen LogP contribution in [0.15, 0.2) is 52.4 Å². The van der Waals surface area contributed by atoms with E-state index in [0.29, 0.717) is 11.7 Å². The maximum atomic E-state index is 12.2. The minimum Gasteiger partial charge on any atom is -0.355 e. The third-order valence-electron chi connectivity index (χ3n) is 3.13. The average molecular weight is 310 g/mol. The molecule has 7 heteroatoms. The van der Waals surface area contributed by atoms with Crippen LogP contribution in [0.25, 0.3) is 21.7 Å². The highest BCUT2D eigenvalue weighted by molar-refractivity contribution is 7.13. The lowest BCUT2D eigenvalue weighted by Crippen LogP contribution is -2.13. The first-order chi connectivity index (χ1) is 10.8. The van der Waals surface area contributed by atoms with Crippen molar-refractivity contribution in [2.24, 2.45) is 0 Å². The number of imidazole rings is 1. The van der Waals surface area contributed by atoms with Gasteiger partial charge in [-0.25, -0.2) is 4.98 Å². The molecule has 0 radical (unpaired) electrons. The van der Waals surface area contributed by atoms with Gasteiger partial charge in [-0.3, -0.25) is 10.1 Å². The normalized spacial score (nSPS) is 10.9. The first-order valence-corrected chi connectivity index (χ1v) is 7.44. The Labute approximate surface area is 128 Å². The van der Waals surface area contributed by atoms with Crippen LogP contribution in [0, 0.1) is 0 Å². The minimum absolute atomic E-state index is 0.212. The summed E-state index contributed by atoms with van der Waals surface area (Å²) in [4.78, 5) is 20.4. The summed E-state index contributed by atoms with van der Waals surface area (Å²) in [6, 6.07) is 13.0. The van der Waals surface area contributed by atoms with Crippen molar-refractivity contribution in [3.8, 4) is 10.6 Å². The van der Waals surface area contributed by atoms with Gasteiger partial charge in [0, 0.05) is 6.07 Å². The van der Waals surface area contributed by atoms with Crippen LogP contribution in [0.4, 0.5) is 5.95 Å². The van der Waals surface area contributed by atoms with Crippen LogP contribution < -0.4 is 5.32 Å². The van der Waals surface area contributed by atoms with Crippen LogP contribution in [0.1, 0.15) is 10.5 Å². The summed E-state index contributed by atoms with van der Waals surface area (Å²) in [5.74, 6) is 0.585. The van der Waals surface area contributed by atoms with E-state index in [1.807, 2.05) is 41.8 Å². The van der Waals surface area contributed by atoms with Crippen molar-refractivity contribution in [1.82, 2.24) is 15.1 Å². The summed E-state index contributed by atoms with van der Waals surface area (Å²) < 4.78 is 5.20. The Balaban J connectivity index is 1.57. The maximum absolute atomic E-state index is 12.2.